The summed E-state index contributed by atoms with van der Waals surface area (Å²) in [6.45, 7) is 8.03. The molecule has 0 saturated carbocycles. The zero-order chi connectivity index (χ0) is 13.2. The SMILES string of the molecule is CC(C)(C)c1ccc(C2NCCCC2CO)cc1. The van der Waals surface area contributed by atoms with Crippen LogP contribution in [0.3, 0.4) is 0 Å². The highest BCUT2D eigenvalue weighted by Gasteiger charge is 2.25. The van der Waals surface area contributed by atoms with Crippen molar-refractivity contribution >= 4 is 0 Å². The van der Waals surface area contributed by atoms with Crippen LogP contribution in [0.1, 0.15) is 50.8 Å². The minimum atomic E-state index is 0.203. The van der Waals surface area contributed by atoms with Gasteiger partial charge in [-0.25, -0.2) is 0 Å². The van der Waals surface area contributed by atoms with E-state index in [9.17, 15) is 5.11 Å². The van der Waals surface area contributed by atoms with E-state index in [1.54, 1.807) is 0 Å². The van der Waals surface area contributed by atoms with Crippen LogP contribution in [-0.2, 0) is 5.41 Å². The standard InChI is InChI=1S/C16H25NO/c1-16(2,3)14-8-6-12(7-9-14)15-13(11-18)5-4-10-17-15/h6-9,13,15,17-18H,4-5,10-11H2,1-3H3. The van der Waals surface area contributed by atoms with Gasteiger partial charge >= 0.3 is 0 Å². The third-order valence-corrected chi connectivity index (χ3v) is 3.96. The number of aliphatic hydroxyl groups excluding tert-OH is 1. The molecule has 2 heteroatoms. The molecule has 1 aromatic rings. The van der Waals surface area contributed by atoms with Gasteiger partial charge in [0.15, 0.2) is 0 Å². The molecule has 1 aliphatic heterocycles. The molecule has 0 radical (unpaired) electrons. The van der Waals surface area contributed by atoms with E-state index in [4.69, 9.17) is 0 Å². The summed E-state index contributed by atoms with van der Waals surface area (Å²) in [6.07, 6.45) is 2.29. The maximum absolute atomic E-state index is 9.47. The van der Waals surface area contributed by atoms with E-state index in [0.29, 0.717) is 12.0 Å². The highest BCUT2D eigenvalue weighted by Crippen LogP contribution is 2.30. The predicted molar refractivity (Wildman–Crippen MR) is 75.7 cm³/mol. The molecule has 1 aromatic carbocycles. The minimum Gasteiger partial charge on any atom is -0.396 e. The van der Waals surface area contributed by atoms with Gasteiger partial charge in [0.2, 0.25) is 0 Å². The summed E-state index contributed by atoms with van der Waals surface area (Å²) in [4.78, 5) is 0. The number of benzene rings is 1. The lowest BCUT2D eigenvalue weighted by Crippen LogP contribution is -2.35. The quantitative estimate of drug-likeness (QED) is 0.842. The average molecular weight is 247 g/mol. The molecule has 1 fully saturated rings. The molecule has 0 aliphatic carbocycles. The number of hydrogen-bond acceptors (Lipinski definition) is 2. The van der Waals surface area contributed by atoms with Crippen LogP contribution in [0.2, 0.25) is 0 Å². The summed E-state index contributed by atoms with van der Waals surface area (Å²) >= 11 is 0. The van der Waals surface area contributed by atoms with Crippen molar-refractivity contribution in [2.75, 3.05) is 13.2 Å². The second kappa shape index (κ2) is 5.41. The van der Waals surface area contributed by atoms with Crippen molar-refractivity contribution in [2.45, 2.75) is 45.1 Å². The molecule has 2 nitrogen and oxygen atoms in total. The van der Waals surface area contributed by atoms with Gasteiger partial charge in [-0.2, -0.15) is 0 Å². The lowest BCUT2D eigenvalue weighted by atomic mass is 9.83. The van der Waals surface area contributed by atoms with Gasteiger partial charge in [0.25, 0.3) is 0 Å². The molecule has 2 N–H and O–H groups in total. The highest BCUT2D eigenvalue weighted by atomic mass is 16.3. The molecule has 2 atom stereocenters. The van der Waals surface area contributed by atoms with Crippen molar-refractivity contribution in [1.29, 1.82) is 0 Å². The van der Waals surface area contributed by atoms with E-state index < -0.39 is 0 Å². The van der Waals surface area contributed by atoms with Gasteiger partial charge in [-0.05, 0) is 35.9 Å². The monoisotopic (exact) mass is 247 g/mol. The van der Waals surface area contributed by atoms with Crippen molar-refractivity contribution in [3.63, 3.8) is 0 Å². The first-order chi connectivity index (χ1) is 8.52. The summed E-state index contributed by atoms with van der Waals surface area (Å²) in [5, 5.41) is 13.0. The summed E-state index contributed by atoms with van der Waals surface area (Å²) in [6, 6.07) is 9.19. The van der Waals surface area contributed by atoms with Crippen LogP contribution in [0.25, 0.3) is 0 Å². The number of aliphatic hydroxyl groups is 1. The zero-order valence-electron chi connectivity index (χ0n) is 11.7. The Kier molecular flexibility index (Phi) is 4.08. The maximum Gasteiger partial charge on any atom is 0.0477 e. The fourth-order valence-corrected chi connectivity index (χ4v) is 2.73. The van der Waals surface area contributed by atoms with Crippen LogP contribution in [0.15, 0.2) is 24.3 Å². The van der Waals surface area contributed by atoms with Crippen molar-refractivity contribution in [1.82, 2.24) is 5.32 Å². The Balaban J connectivity index is 2.18. The Labute approximate surface area is 110 Å². The molecule has 0 bridgehead atoms. The van der Waals surface area contributed by atoms with Gasteiger partial charge < -0.3 is 10.4 Å². The third kappa shape index (κ3) is 2.93. The van der Waals surface area contributed by atoms with Gasteiger partial charge in [-0.1, -0.05) is 45.0 Å². The molecule has 2 unspecified atom stereocenters. The Bertz CT molecular complexity index is 377. The van der Waals surface area contributed by atoms with E-state index in [1.165, 1.54) is 17.5 Å². The number of rotatable bonds is 2. The van der Waals surface area contributed by atoms with E-state index >= 15 is 0 Å². The molecule has 1 heterocycles. The topological polar surface area (TPSA) is 32.3 Å². The summed E-state index contributed by atoms with van der Waals surface area (Å²) in [5.74, 6) is 0.360. The van der Waals surface area contributed by atoms with Crippen molar-refractivity contribution < 1.29 is 5.11 Å². The van der Waals surface area contributed by atoms with Crippen molar-refractivity contribution in [3.05, 3.63) is 35.4 Å². The Morgan fingerprint density at radius 1 is 1.22 bits per heavy atom. The van der Waals surface area contributed by atoms with Gasteiger partial charge in [0.05, 0.1) is 0 Å². The normalized spacial score (nSPS) is 25.1. The van der Waals surface area contributed by atoms with Crippen molar-refractivity contribution in [2.24, 2.45) is 5.92 Å². The Hall–Kier alpha value is -0.860. The fourth-order valence-electron chi connectivity index (χ4n) is 2.73. The lowest BCUT2D eigenvalue weighted by Gasteiger charge is -2.32. The van der Waals surface area contributed by atoms with Crippen LogP contribution in [0.4, 0.5) is 0 Å². The average Bonchev–Trinajstić information content (AvgIpc) is 2.38. The largest absolute Gasteiger partial charge is 0.396 e. The molecular formula is C16H25NO. The smallest absolute Gasteiger partial charge is 0.0477 e. The van der Waals surface area contributed by atoms with Crippen LogP contribution >= 0.6 is 0 Å². The van der Waals surface area contributed by atoms with Crippen LogP contribution < -0.4 is 5.32 Å². The Morgan fingerprint density at radius 2 is 1.89 bits per heavy atom. The summed E-state index contributed by atoms with van der Waals surface area (Å²) < 4.78 is 0. The number of nitrogens with one attached hydrogen (secondary N) is 1. The van der Waals surface area contributed by atoms with E-state index in [0.717, 1.165) is 13.0 Å². The molecule has 0 aromatic heterocycles. The summed E-state index contributed by atoms with van der Waals surface area (Å²) in [5.41, 5.74) is 2.87. The molecule has 0 amide bonds. The van der Waals surface area contributed by atoms with Gasteiger partial charge in [0, 0.05) is 18.6 Å². The number of hydrogen-bond donors (Lipinski definition) is 2. The van der Waals surface area contributed by atoms with Crippen molar-refractivity contribution in [3.8, 4) is 0 Å². The van der Waals surface area contributed by atoms with Gasteiger partial charge in [-0.15, -0.1) is 0 Å². The first-order valence-electron chi connectivity index (χ1n) is 6.97. The zero-order valence-corrected chi connectivity index (χ0v) is 11.7. The summed E-state index contributed by atoms with van der Waals surface area (Å²) in [7, 11) is 0. The molecule has 0 spiro atoms. The Morgan fingerprint density at radius 3 is 2.44 bits per heavy atom. The lowest BCUT2D eigenvalue weighted by molar-refractivity contribution is 0.160. The number of piperidine rings is 1. The second-order valence-electron chi connectivity index (χ2n) is 6.39. The second-order valence-corrected chi connectivity index (χ2v) is 6.39. The van der Waals surface area contributed by atoms with Crippen LogP contribution in [0, 0.1) is 5.92 Å². The van der Waals surface area contributed by atoms with Gasteiger partial charge in [-0.3, -0.25) is 0 Å². The third-order valence-electron chi connectivity index (χ3n) is 3.96. The van der Waals surface area contributed by atoms with Gasteiger partial charge in [0.1, 0.15) is 0 Å². The fraction of sp³-hybridized carbons (Fsp3) is 0.625. The molecule has 1 saturated heterocycles. The molecule has 1 aliphatic rings. The molecule has 100 valence electrons. The molecule has 18 heavy (non-hydrogen) atoms. The molecular weight excluding hydrogens is 222 g/mol. The predicted octanol–water partition coefficient (Wildman–Crippen LogP) is 3.02. The van der Waals surface area contributed by atoms with E-state index in [-0.39, 0.29) is 12.0 Å². The van der Waals surface area contributed by atoms with E-state index in [2.05, 4.69) is 50.4 Å². The minimum absolute atomic E-state index is 0.203. The first-order valence-corrected chi connectivity index (χ1v) is 6.97. The first kappa shape index (κ1) is 13.6. The van der Waals surface area contributed by atoms with Crippen LogP contribution in [0.5, 0.6) is 0 Å². The maximum atomic E-state index is 9.47. The highest BCUT2D eigenvalue weighted by molar-refractivity contribution is 5.29. The van der Waals surface area contributed by atoms with Crippen LogP contribution in [-0.4, -0.2) is 18.3 Å². The molecule has 2 rings (SSSR count). The van der Waals surface area contributed by atoms with E-state index in [1.807, 2.05) is 0 Å².